The van der Waals surface area contributed by atoms with E-state index in [0.29, 0.717) is 22.8 Å². The molecule has 1 aliphatic heterocycles. The Morgan fingerprint density at radius 2 is 1.72 bits per heavy atom. The summed E-state index contributed by atoms with van der Waals surface area (Å²) in [6, 6.07) is 15.4. The summed E-state index contributed by atoms with van der Waals surface area (Å²) in [7, 11) is 3.22. The molecule has 6 nitrogen and oxygen atoms in total. The molecule has 1 amide bonds. The van der Waals surface area contributed by atoms with Crippen molar-refractivity contribution in [3.63, 3.8) is 0 Å². The van der Waals surface area contributed by atoms with Gasteiger partial charge in [0.15, 0.2) is 0 Å². The highest BCUT2D eigenvalue weighted by atomic mass is 16.5. The third-order valence-electron chi connectivity index (χ3n) is 5.27. The van der Waals surface area contributed by atoms with Crippen LogP contribution in [0.25, 0.3) is 16.9 Å². The summed E-state index contributed by atoms with van der Waals surface area (Å²) in [4.78, 5) is 15.3. The molecule has 2 heterocycles. The molecule has 0 spiro atoms. The van der Waals surface area contributed by atoms with Crippen LogP contribution in [0.4, 0.5) is 0 Å². The molecule has 0 bridgehead atoms. The van der Waals surface area contributed by atoms with Crippen molar-refractivity contribution in [2.24, 2.45) is 0 Å². The number of hydrogen-bond donors (Lipinski definition) is 0. The van der Waals surface area contributed by atoms with Crippen LogP contribution in [0, 0.1) is 0 Å². The largest absolute Gasteiger partial charge is 0.497 e. The van der Waals surface area contributed by atoms with Crippen molar-refractivity contribution >= 4 is 5.91 Å². The Labute approximate surface area is 170 Å². The zero-order chi connectivity index (χ0) is 20.2. The lowest BCUT2D eigenvalue weighted by Gasteiger charge is -2.26. The number of benzene rings is 2. The topological polar surface area (TPSA) is 56.6 Å². The molecule has 0 radical (unpaired) electrons. The van der Waals surface area contributed by atoms with E-state index in [-0.39, 0.29) is 5.91 Å². The fraction of sp³-hybridized carbons (Fsp3) is 0.304. The van der Waals surface area contributed by atoms with Crippen LogP contribution < -0.4 is 9.47 Å². The molecule has 0 atom stereocenters. The molecule has 150 valence electrons. The van der Waals surface area contributed by atoms with E-state index in [0.717, 1.165) is 37.2 Å². The Hall–Kier alpha value is -3.28. The standard InChI is InChI=1S/C23H25N3O3/c1-28-18-11-12-19(21(15-18)29-2)22-20(23(27)25-13-7-4-8-14-25)16-26(24-22)17-9-5-3-6-10-17/h3,5-6,9-12,15-16H,4,7-8,13-14H2,1-2H3. The summed E-state index contributed by atoms with van der Waals surface area (Å²) in [6.45, 7) is 1.57. The van der Waals surface area contributed by atoms with Crippen LogP contribution >= 0.6 is 0 Å². The van der Waals surface area contributed by atoms with Crippen molar-refractivity contribution in [1.29, 1.82) is 0 Å². The molecule has 1 aliphatic rings. The van der Waals surface area contributed by atoms with Gasteiger partial charge in [-0.3, -0.25) is 4.79 Å². The Morgan fingerprint density at radius 3 is 2.41 bits per heavy atom. The minimum absolute atomic E-state index is 0.0137. The van der Waals surface area contributed by atoms with E-state index in [1.165, 1.54) is 6.42 Å². The predicted molar refractivity (Wildman–Crippen MR) is 112 cm³/mol. The second-order valence-electron chi connectivity index (χ2n) is 7.09. The number of methoxy groups -OCH3 is 2. The molecule has 0 saturated carbocycles. The number of ether oxygens (including phenoxy) is 2. The lowest BCUT2D eigenvalue weighted by molar-refractivity contribution is 0.0725. The number of carbonyl (C=O) groups is 1. The molecule has 0 unspecified atom stereocenters. The van der Waals surface area contributed by atoms with Gasteiger partial charge in [-0.05, 0) is 43.5 Å². The van der Waals surface area contributed by atoms with Crippen molar-refractivity contribution < 1.29 is 14.3 Å². The van der Waals surface area contributed by atoms with Crippen LogP contribution in [0.3, 0.4) is 0 Å². The Kier molecular flexibility index (Phi) is 5.51. The first-order valence-electron chi connectivity index (χ1n) is 9.88. The average molecular weight is 391 g/mol. The highest BCUT2D eigenvalue weighted by Crippen LogP contribution is 2.35. The molecule has 4 rings (SSSR count). The monoisotopic (exact) mass is 391 g/mol. The molecule has 2 aromatic carbocycles. The number of para-hydroxylation sites is 1. The van der Waals surface area contributed by atoms with Gasteiger partial charge in [-0.25, -0.2) is 4.68 Å². The smallest absolute Gasteiger partial charge is 0.257 e. The van der Waals surface area contributed by atoms with Crippen LogP contribution in [-0.4, -0.2) is 47.9 Å². The van der Waals surface area contributed by atoms with Gasteiger partial charge < -0.3 is 14.4 Å². The minimum Gasteiger partial charge on any atom is -0.497 e. The SMILES string of the molecule is COc1ccc(-c2nn(-c3ccccc3)cc2C(=O)N2CCCCC2)c(OC)c1. The van der Waals surface area contributed by atoms with Crippen LogP contribution in [0.1, 0.15) is 29.6 Å². The van der Waals surface area contributed by atoms with Crippen LogP contribution in [-0.2, 0) is 0 Å². The van der Waals surface area contributed by atoms with E-state index in [4.69, 9.17) is 14.6 Å². The van der Waals surface area contributed by atoms with Crippen LogP contribution in [0.2, 0.25) is 0 Å². The van der Waals surface area contributed by atoms with E-state index < -0.39 is 0 Å². The number of rotatable bonds is 5. The van der Waals surface area contributed by atoms with Crippen molar-refractivity contribution in [2.75, 3.05) is 27.3 Å². The fourth-order valence-corrected chi connectivity index (χ4v) is 3.70. The van der Waals surface area contributed by atoms with Crippen molar-refractivity contribution in [3.05, 3.63) is 60.3 Å². The molecule has 1 saturated heterocycles. The van der Waals surface area contributed by atoms with Crippen LogP contribution in [0.15, 0.2) is 54.7 Å². The fourth-order valence-electron chi connectivity index (χ4n) is 3.70. The molecule has 1 fully saturated rings. The van der Waals surface area contributed by atoms with Gasteiger partial charge in [0, 0.05) is 30.9 Å². The van der Waals surface area contributed by atoms with E-state index >= 15 is 0 Å². The normalized spacial score (nSPS) is 13.9. The molecule has 6 heteroatoms. The first-order chi connectivity index (χ1) is 14.2. The molecular weight excluding hydrogens is 366 g/mol. The van der Waals surface area contributed by atoms with Gasteiger partial charge in [-0.15, -0.1) is 0 Å². The van der Waals surface area contributed by atoms with Crippen molar-refractivity contribution in [2.45, 2.75) is 19.3 Å². The molecule has 0 N–H and O–H groups in total. The van der Waals surface area contributed by atoms with Crippen molar-refractivity contribution in [1.82, 2.24) is 14.7 Å². The summed E-state index contributed by atoms with van der Waals surface area (Å²) in [5.74, 6) is 1.33. The van der Waals surface area contributed by atoms with E-state index in [1.807, 2.05) is 59.6 Å². The van der Waals surface area contributed by atoms with Gasteiger partial charge in [0.25, 0.3) is 5.91 Å². The third kappa shape index (κ3) is 3.83. The van der Waals surface area contributed by atoms with Gasteiger partial charge in [-0.1, -0.05) is 18.2 Å². The van der Waals surface area contributed by atoms with Crippen LogP contribution in [0.5, 0.6) is 11.5 Å². The second kappa shape index (κ2) is 8.39. The Bertz CT molecular complexity index is 992. The van der Waals surface area contributed by atoms with Gasteiger partial charge >= 0.3 is 0 Å². The molecule has 3 aromatic rings. The van der Waals surface area contributed by atoms with E-state index in [1.54, 1.807) is 18.9 Å². The maximum Gasteiger partial charge on any atom is 0.257 e. The molecule has 1 aromatic heterocycles. The summed E-state index contributed by atoms with van der Waals surface area (Å²) < 4.78 is 12.7. The number of hydrogen-bond acceptors (Lipinski definition) is 4. The lowest BCUT2D eigenvalue weighted by Crippen LogP contribution is -2.35. The number of nitrogens with zero attached hydrogens (tertiary/aromatic N) is 3. The van der Waals surface area contributed by atoms with Gasteiger partial charge in [0.2, 0.25) is 0 Å². The maximum atomic E-state index is 13.4. The quantitative estimate of drug-likeness (QED) is 0.655. The zero-order valence-corrected chi connectivity index (χ0v) is 16.8. The Morgan fingerprint density at radius 1 is 0.966 bits per heavy atom. The van der Waals surface area contributed by atoms with Crippen molar-refractivity contribution in [3.8, 4) is 28.4 Å². The van der Waals surface area contributed by atoms with E-state index in [9.17, 15) is 4.79 Å². The lowest BCUT2D eigenvalue weighted by atomic mass is 10.0. The predicted octanol–water partition coefficient (Wildman–Crippen LogP) is 4.18. The summed E-state index contributed by atoms with van der Waals surface area (Å²) >= 11 is 0. The summed E-state index contributed by atoms with van der Waals surface area (Å²) in [6.07, 6.45) is 5.08. The molecular formula is C23H25N3O3. The number of aromatic nitrogens is 2. The van der Waals surface area contributed by atoms with Gasteiger partial charge in [0.05, 0.1) is 25.5 Å². The molecule has 29 heavy (non-hydrogen) atoms. The number of carbonyl (C=O) groups excluding carboxylic acids is 1. The third-order valence-corrected chi connectivity index (χ3v) is 5.27. The van der Waals surface area contributed by atoms with Gasteiger partial charge in [-0.2, -0.15) is 5.10 Å². The highest BCUT2D eigenvalue weighted by molar-refractivity contribution is 6.00. The van der Waals surface area contributed by atoms with Gasteiger partial charge in [0.1, 0.15) is 17.2 Å². The minimum atomic E-state index is 0.0137. The van der Waals surface area contributed by atoms with E-state index in [2.05, 4.69) is 0 Å². The number of amides is 1. The first kappa shape index (κ1) is 19.1. The summed E-state index contributed by atoms with van der Waals surface area (Å²) in [5, 5.41) is 4.78. The highest BCUT2D eigenvalue weighted by Gasteiger charge is 2.26. The molecule has 0 aliphatic carbocycles. The summed E-state index contributed by atoms with van der Waals surface area (Å²) in [5.41, 5.74) is 2.87. The second-order valence-corrected chi connectivity index (χ2v) is 7.09. The number of likely N-dealkylation sites (tertiary alicyclic amines) is 1. The zero-order valence-electron chi connectivity index (χ0n) is 16.8. The number of piperidine rings is 1. The maximum absolute atomic E-state index is 13.4. The average Bonchev–Trinajstić information content (AvgIpc) is 3.24. The Balaban J connectivity index is 1.83. The first-order valence-corrected chi connectivity index (χ1v) is 9.88.